The number of anilines is 1. The van der Waals surface area contributed by atoms with E-state index in [2.05, 4.69) is 15.3 Å². The van der Waals surface area contributed by atoms with E-state index in [0.717, 1.165) is 0 Å². The molecule has 0 bridgehead atoms. The smallest absolute Gasteiger partial charge is 0.323 e. The van der Waals surface area contributed by atoms with Gasteiger partial charge in [-0.15, -0.1) is 0 Å². The van der Waals surface area contributed by atoms with Crippen LogP contribution in [0.1, 0.15) is 17.3 Å². The van der Waals surface area contributed by atoms with Gasteiger partial charge in [-0.25, -0.2) is 4.79 Å². The first-order valence-electron chi connectivity index (χ1n) is 6.92. The van der Waals surface area contributed by atoms with E-state index in [9.17, 15) is 9.59 Å². The van der Waals surface area contributed by atoms with Crippen LogP contribution in [0, 0.1) is 0 Å². The number of aromatic amines is 2. The molecule has 0 atom stereocenters. The largest absolute Gasteiger partial charge is 0.493 e. The number of carbonyl (C=O) groups is 1. The van der Waals surface area contributed by atoms with Crippen LogP contribution >= 0.6 is 0 Å². The molecule has 1 heterocycles. The van der Waals surface area contributed by atoms with Gasteiger partial charge in [0.1, 0.15) is 5.75 Å². The average molecular weight is 297 g/mol. The molecule has 3 aromatic rings. The molecule has 22 heavy (non-hydrogen) atoms. The van der Waals surface area contributed by atoms with Crippen molar-refractivity contribution in [1.29, 1.82) is 0 Å². The average Bonchev–Trinajstić information content (AvgIpc) is 2.87. The third kappa shape index (κ3) is 2.71. The molecule has 2 aromatic carbocycles. The lowest BCUT2D eigenvalue weighted by Crippen LogP contribution is -2.13. The molecular formula is C16H15N3O3. The van der Waals surface area contributed by atoms with E-state index in [-0.39, 0.29) is 11.6 Å². The first-order chi connectivity index (χ1) is 10.7. The topological polar surface area (TPSA) is 87.0 Å². The molecule has 3 N–H and O–H groups in total. The predicted octanol–water partition coefficient (Wildman–Crippen LogP) is 2.51. The molecule has 6 heteroatoms. The number of carbonyl (C=O) groups excluding carboxylic acids is 1. The molecule has 1 amide bonds. The lowest BCUT2D eigenvalue weighted by molar-refractivity contribution is 0.102. The summed E-state index contributed by atoms with van der Waals surface area (Å²) in [5, 5.41) is 2.80. The van der Waals surface area contributed by atoms with Crippen LogP contribution in [0.3, 0.4) is 0 Å². The molecule has 0 aliphatic carbocycles. The second kappa shape index (κ2) is 5.77. The van der Waals surface area contributed by atoms with Gasteiger partial charge in [0, 0.05) is 5.69 Å². The molecule has 0 aliphatic rings. The number of fused-ring (bicyclic) bond motifs is 1. The normalized spacial score (nSPS) is 10.6. The Bertz CT molecular complexity index is 879. The maximum Gasteiger partial charge on any atom is 0.323 e. The van der Waals surface area contributed by atoms with Crippen molar-refractivity contribution in [1.82, 2.24) is 9.97 Å². The van der Waals surface area contributed by atoms with Gasteiger partial charge in [-0.2, -0.15) is 0 Å². The minimum absolute atomic E-state index is 0.263. The summed E-state index contributed by atoms with van der Waals surface area (Å²) in [4.78, 5) is 28.9. The number of ether oxygens (including phenoxy) is 1. The highest BCUT2D eigenvalue weighted by Crippen LogP contribution is 2.21. The molecule has 1 aromatic heterocycles. The van der Waals surface area contributed by atoms with E-state index in [0.29, 0.717) is 34.6 Å². The summed E-state index contributed by atoms with van der Waals surface area (Å²) in [6.45, 7) is 2.35. The number of benzene rings is 2. The predicted molar refractivity (Wildman–Crippen MR) is 84.5 cm³/mol. The van der Waals surface area contributed by atoms with Crippen molar-refractivity contribution < 1.29 is 9.53 Å². The van der Waals surface area contributed by atoms with Gasteiger partial charge >= 0.3 is 5.69 Å². The molecule has 6 nitrogen and oxygen atoms in total. The summed E-state index contributed by atoms with van der Waals surface area (Å²) in [5.41, 5.74) is 2.12. The minimum atomic E-state index is -0.278. The molecule has 0 fully saturated rings. The van der Waals surface area contributed by atoms with Crippen molar-refractivity contribution >= 4 is 22.6 Å². The van der Waals surface area contributed by atoms with Gasteiger partial charge in [-0.1, -0.05) is 12.1 Å². The van der Waals surface area contributed by atoms with Crippen molar-refractivity contribution in [2.24, 2.45) is 0 Å². The fourth-order valence-corrected chi connectivity index (χ4v) is 2.24. The van der Waals surface area contributed by atoms with Gasteiger partial charge in [0.2, 0.25) is 0 Å². The first-order valence-corrected chi connectivity index (χ1v) is 6.92. The maximum absolute atomic E-state index is 12.4. The van der Waals surface area contributed by atoms with Crippen LogP contribution in [-0.2, 0) is 0 Å². The molecule has 0 unspecified atom stereocenters. The van der Waals surface area contributed by atoms with Crippen LogP contribution in [0.5, 0.6) is 5.75 Å². The highest BCUT2D eigenvalue weighted by Gasteiger charge is 2.12. The van der Waals surface area contributed by atoms with Gasteiger partial charge in [0.05, 0.1) is 23.2 Å². The van der Waals surface area contributed by atoms with Crippen molar-refractivity contribution in [2.75, 3.05) is 11.9 Å². The number of H-pyrrole nitrogens is 2. The highest BCUT2D eigenvalue weighted by molar-refractivity contribution is 6.06. The Kier molecular flexibility index (Phi) is 3.65. The molecule has 0 spiro atoms. The Morgan fingerprint density at radius 1 is 1.14 bits per heavy atom. The van der Waals surface area contributed by atoms with Crippen LogP contribution in [0.2, 0.25) is 0 Å². The van der Waals surface area contributed by atoms with E-state index in [1.165, 1.54) is 0 Å². The van der Waals surface area contributed by atoms with E-state index in [4.69, 9.17) is 4.74 Å². The Morgan fingerprint density at radius 3 is 2.73 bits per heavy atom. The summed E-state index contributed by atoms with van der Waals surface area (Å²) in [6, 6.07) is 12.2. The second-order valence-corrected chi connectivity index (χ2v) is 4.72. The molecule has 112 valence electrons. The fourth-order valence-electron chi connectivity index (χ4n) is 2.24. The first kappa shape index (κ1) is 13.9. The lowest BCUT2D eigenvalue weighted by atomic mass is 10.2. The van der Waals surface area contributed by atoms with Gasteiger partial charge in [0.25, 0.3) is 5.91 Å². The zero-order valence-electron chi connectivity index (χ0n) is 12.0. The molecular weight excluding hydrogens is 282 g/mol. The number of rotatable bonds is 4. The van der Waals surface area contributed by atoms with Crippen molar-refractivity contribution in [3.63, 3.8) is 0 Å². The van der Waals surface area contributed by atoms with Gasteiger partial charge in [-0.05, 0) is 37.3 Å². The van der Waals surface area contributed by atoms with Gasteiger partial charge in [-0.3, -0.25) is 4.79 Å². The van der Waals surface area contributed by atoms with Crippen molar-refractivity contribution in [2.45, 2.75) is 6.92 Å². The number of amides is 1. The summed E-state index contributed by atoms with van der Waals surface area (Å²) in [5.74, 6) is 0.278. The summed E-state index contributed by atoms with van der Waals surface area (Å²) < 4.78 is 5.46. The van der Waals surface area contributed by atoms with Crippen LogP contribution in [0.25, 0.3) is 11.0 Å². The van der Waals surface area contributed by atoms with Gasteiger partial charge in [0.15, 0.2) is 0 Å². The zero-order valence-corrected chi connectivity index (χ0v) is 12.0. The van der Waals surface area contributed by atoms with E-state index in [1.54, 1.807) is 36.4 Å². The standard InChI is InChI=1S/C16H15N3O3/c1-2-22-14-6-4-3-5-11(14)15(20)17-10-7-8-12-13(9-10)19-16(21)18-12/h3-9H,2H2,1H3,(H,17,20)(H2,18,19,21). The fraction of sp³-hybridized carbons (Fsp3) is 0.125. The SMILES string of the molecule is CCOc1ccccc1C(=O)Nc1ccc2[nH]c(=O)[nH]c2c1. The number of para-hydroxylation sites is 1. The second-order valence-electron chi connectivity index (χ2n) is 4.72. The summed E-state index contributed by atoms with van der Waals surface area (Å²) in [6.07, 6.45) is 0. The maximum atomic E-state index is 12.4. The van der Waals surface area contributed by atoms with Crippen LogP contribution < -0.4 is 15.7 Å². The zero-order chi connectivity index (χ0) is 15.5. The monoisotopic (exact) mass is 297 g/mol. The van der Waals surface area contributed by atoms with Crippen molar-refractivity contribution in [3.8, 4) is 5.75 Å². The minimum Gasteiger partial charge on any atom is -0.493 e. The van der Waals surface area contributed by atoms with E-state index in [1.807, 2.05) is 13.0 Å². The quantitative estimate of drug-likeness (QED) is 0.691. The number of hydrogen-bond donors (Lipinski definition) is 3. The third-order valence-electron chi connectivity index (χ3n) is 3.21. The molecule has 0 radical (unpaired) electrons. The lowest BCUT2D eigenvalue weighted by Gasteiger charge is -2.10. The number of nitrogens with one attached hydrogen (secondary N) is 3. The molecule has 0 saturated carbocycles. The highest BCUT2D eigenvalue weighted by atomic mass is 16.5. The number of aromatic nitrogens is 2. The Labute approximate surface area is 126 Å². The number of imidazole rings is 1. The van der Waals surface area contributed by atoms with Crippen LogP contribution in [-0.4, -0.2) is 22.5 Å². The third-order valence-corrected chi connectivity index (χ3v) is 3.21. The molecule has 0 aliphatic heterocycles. The van der Waals surface area contributed by atoms with Gasteiger partial charge < -0.3 is 20.0 Å². The number of hydrogen-bond acceptors (Lipinski definition) is 3. The van der Waals surface area contributed by atoms with Crippen LogP contribution in [0.4, 0.5) is 5.69 Å². The molecule has 3 rings (SSSR count). The van der Waals surface area contributed by atoms with Crippen molar-refractivity contribution in [3.05, 3.63) is 58.5 Å². The Balaban J connectivity index is 1.87. The van der Waals surface area contributed by atoms with Crippen LogP contribution in [0.15, 0.2) is 47.3 Å². The van der Waals surface area contributed by atoms with E-state index >= 15 is 0 Å². The summed E-state index contributed by atoms with van der Waals surface area (Å²) >= 11 is 0. The Hall–Kier alpha value is -3.02. The summed E-state index contributed by atoms with van der Waals surface area (Å²) in [7, 11) is 0. The molecule has 0 saturated heterocycles. The van der Waals surface area contributed by atoms with E-state index < -0.39 is 0 Å². The Morgan fingerprint density at radius 2 is 1.91 bits per heavy atom.